The van der Waals surface area contributed by atoms with Crippen LogP contribution in [-0.4, -0.2) is 13.1 Å². The van der Waals surface area contributed by atoms with Gasteiger partial charge in [0, 0.05) is 30.4 Å². The Bertz CT molecular complexity index is 407. The van der Waals surface area contributed by atoms with Crippen LogP contribution in [0.1, 0.15) is 38.8 Å². The number of piperidine rings is 1. The maximum atomic E-state index is 13.9. The van der Waals surface area contributed by atoms with Gasteiger partial charge in [-0.15, -0.1) is 0 Å². The summed E-state index contributed by atoms with van der Waals surface area (Å²) >= 11 is 0. The molecule has 0 saturated carbocycles. The van der Waals surface area contributed by atoms with Crippen molar-refractivity contribution in [2.24, 2.45) is 17.6 Å². The highest BCUT2D eigenvalue weighted by Crippen LogP contribution is 2.32. The zero-order chi connectivity index (χ0) is 13.3. The molecule has 3 heteroatoms. The van der Waals surface area contributed by atoms with E-state index in [2.05, 4.69) is 18.7 Å². The lowest BCUT2D eigenvalue weighted by molar-refractivity contribution is 0.356. The monoisotopic (exact) mass is 250 g/mol. The number of halogens is 1. The lowest BCUT2D eigenvalue weighted by Crippen LogP contribution is -2.39. The lowest BCUT2D eigenvalue weighted by Gasteiger charge is -2.38. The van der Waals surface area contributed by atoms with Gasteiger partial charge in [0.1, 0.15) is 5.82 Å². The summed E-state index contributed by atoms with van der Waals surface area (Å²) in [5, 5.41) is 0. The maximum absolute atomic E-state index is 13.9. The molecule has 0 radical (unpaired) electrons. The summed E-state index contributed by atoms with van der Waals surface area (Å²) in [4.78, 5) is 2.29. The molecule has 1 heterocycles. The number of hydrogen-bond acceptors (Lipinski definition) is 2. The first-order valence-corrected chi connectivity index (χ1v) is 6.78. The van der Waals surface area contributed by atoms with Crippen molar-refractivity contribution in [3.63, 3.8) is 0 Å². The fourth-order valence-electron chi connectivity index (χ4n) is 3.11. The third kappa shape index (κ3) is 2.66. The largest absolute Gasteiger partial charge is 0.371 e. The SMILES string of the molecule is CC1CC(C)CN(c2cccc(F)c2[C@H](C)N)C1. The van der Waals surface area contributed by atoms with Crippen molar-refractivity contribution in [3.05, 3.63) is 29.6 Å². The summed E-state index contributed by atoms with van der Waals surface area (Å²) in [6.07, 6.45) is 1.25. The molecular weight excluding hydrogens is 227 g/mol. The Hall–Kier alpha value is -1.09. The fourth-order valence-corrected chi connectivity index (χ4v) is 3.11. The third-order valence-electron chi connectivity index (χ3n) is 3.69. The Kier molecular flexibility index (Phi) is 3.91. The van der Waals surface area contributed by atoms with Crippen molar-refractivity contribution >= 4 is 5.69 Å². The molecule has 2 nitrogen and oxygen atoms in total. The topological polar surface area (TPSA) is 29.3 Å². The molecule has 1 aliphatic rings. The van der Waals surface area contributed by atoms with E-state index in [1.165, 1.54) is 12.5 Å². The van der Waals surface area contributed by atoms with Gasteiger partial charge >= 0.3 is 0 Å². The standard InChI is InChI=1S/C15H23FN2/c1-10-7-11(2)9-18(8-10)14-6-4-5-13(16)15(14)12(3)17/h4-6,10-12H,7-9,17H2,1-3H3/t10?,11?,12-/m0/s1. The second-order valence-electron chi connectivity index (χ2n) is 5.81. The molecule has 1 saturated heterocycles. The maximum Gasteiger partial charge on any atom is 0.130 e. The molecule has 100 valence electrons. The second kappa shape index (κ2) is 5.27. The number of rotatable bonds is 2. The Morgan fingerprint density at radius 3 is 2.44 bits per heavy atom. The number of benzene rings is 1. The van der Waals surface area contributed by atoms with E-state index in [9.17, 15) is 4.39 Å². The van der Waals surface area contributed by atoms with Crippen LogP contribution in [0.4, 0.5) is 10.1 Å². The van der Waals surface area contributed by atoms with Crippen molar-refractivity contribution < 1.29 is 4.39 Å². The van der Waals surface area contributed by atoms with Gasteiger partial charge in [-0.2, -0.15) is 0 Å². The first-order valence-electron chi connectivity index (χ1n) is 6.78. The van der Waals surface area contributed by atoms with Crippen LogP contribution in [0.2, 0.25) is 0 Å². The summed E-state index contributed by atoms with van der Waals surface area (Å²) in [5.74, 6) is 1.12. The van der Waals surface area contributed by atoms with E-state index in [0.29, 0.717) is 17.4 Å². The van der Waals surface area contributed by atoms with Crippen molar-refractivity contribution in [1.82, 2.24) is 0 Å². The second-order valence-corrected chi connectivity index (χ2v) is 5.81. The van der Waals surface area contributed by atoms with E-state index in [4.69, 9.17) is 5.73 Å². The summed E-state index contributed by atoms with van der Waals surface area (Å²) in [6.45, 7) is 8.35. The van der Waals surface area contributed by atoms with Crippen LogP contribution in [0, 0.1) is 17.7 Å². The van der Waals surface area contributed by atoms with Crippen molar-refractivity contribution in [1.29, 1.82) is 0 Å². The minimum atomic E-state index is -0.270. The van der Waals surface area contributed by atoms with Gasteiger partial charge in [0.25, 0.3) is 0 Å². The number of hydrogen-bond donors (Lipinski definition) is 1. The summed E-state index contributed by atoms with van der Waals surface area (Å²) in [7, 11) is 0. The van der Waals surface area contributed by atoms with Crippen LogP contribution in [0.5, 0.6) is 0 Å². The minimum absolute atomic E-state index is 0.187. The predicted octanol–water partition coefficient (Wildman–Crippen LogP) is 3.33. The molecule has 1 aromatic carbocycles. The molecule has 1 aliphatic heterocycles. The van der Waals surface area contributed by atoms with Crippen molar-refractivity contribution in [3.8, 4) is 0 Å². The van der Waals surface area contributed by atoms with Crippen LogP contribution < -0.4 is 10.6 Å². The fraction of sp³-hybridized carbons (Fsp3) is 0.600. The molecule has 3 atom stereocenters. The Balaban J connectivity index is 2.35. The van der Waals surface area contributed by atoms with E-state index in [-0.39, 0.29) is 11.9 Å². The van der Waals surface area contributed by atoms with E-state index in [0.717, 1.165) is 18.8 Å². The Morgan fingerprint density at radius 1 is 1.28 bits per heavy atom. The average molecular weight is 250 g/mol. The van der Waals surface area contributed by atoms with Gasteiger partial charge in [-0.25, -0.2) is 4.39 Å². The first-order chi connectivity index (χ1) is 8.49. The zero-order valence-corrected chi connectivity index (χ0v) is 11.5. The molecule has 0 aliphatic carbocycles. The summed E-state index contributed by atoms with van der Waals surface area (Å²) in [6, 6.07) is 5.00. The molecule has 18 heavy (non-hydrogen) atoms. The van der Waals surface area contributed by atoms with Crippen LogP contribution in [0.25, 0.3) is 0 Å². The zero-order valence-electron chi connectivity index (χ0n) is 11.5. The smallest absolute Gasteiger partial charge is 0.130 e. The van der Waals surface area contributed by atoms with Crippen molar-refractivity contribution in [2.45, 2.75) is 33.2 Å². The van der Waals surface area contributed by atoms with Gasteiger partial charge in [0.15, 0.2) is 0 Å². The van der Waals surface area contributed by atoms with Crippen LogP contribution in [0.15, 0.2) is 18.2 Å². The average Bonchev–Trinajstić information content (AvgIpc) is 2.26. The first kappa shape index (κ1) is 13.3. The van der Waals surface area contributed by atoms with Gasteiger partial charge in [0.2, 0.25) is 0 Å². The Labute approximate surface area is 109 Å². The van der Waals surface area contributed by atoms with Crippen LogP contribution in [0.3, 0.4) is 0 Å². The molecule has 0 aromatic heterocycles. The van der Waals surface area contributed by atoms with Crippen LogP contribution >= 0.6 is 0 Å². The van der Waals surface area contributed by atoms with E-state index >= 15 is 0 Å². The quantitative estimate of drug-likeness (QED) is 0.872. The Morgan fingerprint density at radius 2 is 1.89 bits per heavy atom. The molecule has 0 amide bonds. The van der Waals surface area contributed by atoms with Gasteiger partial charge in [-0.3, -0.25) is 0 Å². The minimum Gasteiger partial charge on any atom is -0.371 e. The highest BCUT2D eigenvalue weighted by Gasteiger charge is 2.25. The molecule has 1 fully saturated rings. The summed E-state index contributed by atoms with van der Waals surface area (Å²) < 4.78 is 13.9. The molecule has 2 N–H and O–H groups in total. The summed E-state index contributed by atoms with van der Waals surface area (Å²) in [5.41, 5.74) is 7.55. The molecule has 0 bridgehead atoms. The molecular formula is C15H23FN2. The highest BCUT2D eigenvalue weighted by atomic mass is 19.1. The number of nitrogens with two attached hydrogens (primary N) is 1. The molecule has 2 unspecified atom stereocenters. The third-order valence-corrected chi connectivity index (χ3v) is 3.69. The van der Waals surface area contributed by atoms with Crippen LogP contribution in [-0.2, 0) is 0 Å². The lowest BCUT2D eigenvalue weighted by atomic mass is 9.90. The van der Waals surface area contributed by atoms with Crippen molar-refractivity contribution in [2.75, 3.05) is 18.0 Å². The van der Waals surface area contributed by atoms with Gasteiger partial charge < -0.3 is 10.6 Å². The normalized spacial score (nSPS) is 26.2. The molecule has 2 rings (SSSR count). The number of nitrogens with zero attached hydrogens (tertiary/aromatic N) is 1. The predicted molar refractivity (Wildman–Crippen MR) is 74.2 cm³/mol. The van der Waals surface area contributed by atoms with E-state index in [1.807, 2.05) is 13.0 Å². The van der Waals surface area contributed by atoms with E-state index < -0.39 is 0 Å². The molecule has 0 spiro atoms. The van der Waals surface area contributed by atoms with Gasteiger partial charge in [0.05, 0.1) is 0 Å². The highest BCUT2D eigenvalue weighted by molar-refractivity contribution is 5.56. The van der Waals surface area contributed by atoms with Gasteiger partial charge in [-0.05, 0) is 37.3 Å². The van der Waals surface area contributed by atoms with E-state index in [1.54, 1.807) is 6.07 Å². The van der Waals surface area contributed by atoms with Gasteiger partial charge in [-0.1, -0.05) is 19.9 Å². The number of anilines is 1. The molecule has 1 aromatic rings.